The lowest BCUT2D eigenvalue weighted by Gasteiger charge is -2.26. The van der Waals surface area contributed by atoms with Crippen LogP contribution in [-0.4, -0.2) is 17.9 Å². The van der Waals surface area contributed by atoms with E-state index in [1.54, 1.807) is 24.1 Å². The molecule has 0 aliphatic carbocycles. The maximum absolute atomic E-state index is 12.9. The van der Waals surface area contributed by atoms with Crippen molar-refractivity contribution in [1.82, 2.24) is 4.90 Å². The molecule has 1 unspecified atom stereocenters. The third kappa shape index (κ3) is 3.17. The summed E-state index contributed by atoms with van der Waals surface area (Å²) in [4.78, 5) is 14.2. The molecule has 0 N–H and O–H groups in total. The van der Waals surface area contributed by atoms with E-state index in [0.717, 1.165) is 9.13 Å². The zero-order chi connectivity index (χ0) is 14.7. The maximum Gasteiger partial charge on any atom is 0.255 e. The van der Waals surface area contributed by atoms with E-state index in [1.165, 1.54) is 12.1 Å². The zero-order valence-corrected chi connectivity index (χ0v) is 13.5. The minimum absolute atomic E-state index is 0.0353. The van der Waals surface area contributed by atoms with Gasteiger partial charge in [0.25, 0.3) is 5.91 Å². The van der Waals surface area contributed by atoms with Gasteiger partial charge in [-0.2, -0.15) is 0 Å². The standard InChI is InChI=1S/C16H15FINO/c1-11(12-7-9-13(17)10-8-12)19(2)16(20)14-5-3-4-6-15(14)18/h3-11H,1-2H3. The van der Waals surface area contributed by atoms with E-state index >= 15 is 0 Å². The van der Waals surface area contributed by atoms with Crippen molar-refractivity contribution in [3.8, 4) is 0 Å². The van der Waals surface area contributed by atoms with Gasteiger partial charge < -0.3 is 4.90 Å². The maximum atomic E-state index is 12.9. The zero-order valence-electron chi connectivity index (χ0n) is 11.3. The Morgan fingerprint density at radius 2 is 1.75 bits per heavy atom. The summed E-state index contributed by atoms with van der Waals surface area (Å²) in [6.45, 7) is 1.93. The van der Waals surface area contributed by atoms with Crippen LogP contribution in [0.15, 0.2) is 48.5 Å². The van der Waals surface area contributed by atoms with Crippen LogP contribution >= 0.6 is 22.6 Å². The molecule has 0 bridgehead atoms. The molecule has 2 rings (SSSR count). The topological polar surface area (TPSA) is 20.3 Å². The fraction of sp³-hybridized carbons (Fsp3) is 0.188. The van der Waals surface area contributed by atoms with Gasteiger partial charge in [0, 0.05) is 10.6 Å². The van der Waals surface area contributed by atoms with E-state index in [9.17, 15) is 9.18 Å². The van der Waals surface area contributed by atoms with Crippen molar-refractivity contribution in [2.75, 3.05) is 7.05 Å². The number of hydrogen-bond donors (Lipinski definition) is 0. The van der Waals surface area contributed by atoms with Gasteiger partial charge in [0.2, 0.25) is 0 Å². The number of benzene rings is 2. The lowest BCUT2D eigenvalue weighted by Crippen LogP contribution is -2.30. The molecule has 4 heteroatoms. The average molecular weight is 383 g/mol. The van der Waals surface area contributed by atoms with Crippen LogP contribution in [-0.2, 0) is 0 Å². The second-order valence-electron chi connectivity index (χ2n) is 4.62. The molecule has 0 aromatic heterocycles. The molecule has 0 saturated heterocycles. The van der Waals surface area contributed by atoms with E-state index in [-0.39, 0.29) is 17.8 Å². The lowest BCUT2D eigenvalue weighted by atomic mass is 10.1. The van der Waals surface area contributed by atoms with Gasteiger partial charge in [-0.05, 0) is 59.3 Å². The van der Waals surface area contributed by atoms with Gasteiger partial charge in [0.15, 0.2) is 0 Å². The number of rotatable bonds is 3. The van der Waals surface area contributed by atoms with Crippen molar-refractivity contribution in [3.63, 3.8) is 0 Å². The Morgan fingerprint density at radius 3 is 2.35 bits per heavy atom. The Morgan fingerprint density at radius 1 is 1.15 bits per heavy atom. The molecule has 0 spiro atoms. The molecule has 104 valence electrons. The predicted octanol–water partition coefficient (Wildman–Crippen LogP) is 4.26. The monoisotopic (exact) mass is 383 g/mol. The Balaban J connectivity index is 2.22. The molecular weight excluding hydrogens is 368 g/mol. The molecular formula is C16H15FINO. The summed E-state index contributed by atoms with van der Waals surface area (Å²) >= 11 is 2.15. The highest BCUT2D eigenvalue weighted by atomic mass is 127. The highest BCUT2D eigenvalue weighted by Gasteiger charge is 2.20. The van der Waals surface area contributed by atoms with Crippen molar-refractivity contribution >= 4 is 28.5 Å². The van der Waals surface area contributed by atoms with E-state index in [1.807, 2.05) is 31.2 Å². The number of carbonyl (C=O) groups is 1. The van der Waals surface area contributed by atoms with Gasteiger partial charge in [-0.3, -0.25) is 4.79 Å². The van der Waals surface area contributed by atoms with Crippen molar-refractivity contribution < 1.29 is 9.18 Å². The van der Waals surface area contributed by atoms with Crippen LogP contribution in [0.5, 0.6) is 0 Å². The van der Waals surface area contributed by atoms with Gasteiger partial charge in [0.1, 0.15) is 5.82 Å². The van der Waals surface area contributed by atoms with Crippen molar-refractivity contribution in [2.24, 2.45) is 0 Å². The molecule has 0 aliphatic heterocycles. The second-order valence-corrected chi connectivity index (χ2v) is 5.79. The highest BCUT2D eigenvalue weighted by molar-refractivity contribution is 14.1. The fourth-order valence-electron chi connectivity index (χ4n) is 1.97. The largest absolute Gasteiger partial charge is 0.335 e. The quantitative estimate of drug-likeness (QED) is 0.726. The van der Waals surface area contributed by atoms with Crippen LogP contribution in [0.3, 0.4) is 0 Å². The number of nitrogens with zero attached hydrogens (tertiary/aromatic N) is 1. The molecule has 1 amide bonds. The molecule has 2 aromatic rings. The van der Waals surface area contributed by atoms with E-state index < -0.39 is 0 Å². The first-order chi connectivity index (χ1) is 9.50. The van der Waals surface area contributed by atoms with Crippen molar-refractivity contribution in [1.29, 1.82) is 0 Å². The van der Waals surface area contributed by atoms with E-state index in [0.29, 0.717) is 5.56 Å². The summed E-state index contributed by atoms with van der Waals surface area (Å²) in [6, 6.07) is 13.6. The second kappa shape index (κ2) is 6.35. The van der Waals surface area contributed by atoms with Crippen LogP contribution in [0, 0.1) is 9.39 Å². The number of halogens is 2. The lowest BCUT2D eigenvalue weighted by molar-refractivity contribution is 0.0741. The highest BCUT2D eigenvalue weighted by Crippen LogP contribution is 2.22. The Hall–Kier alpha value is -1.43. The number of hydrogen-bond acceptors (Lipinski definition) is 1. The minimum Gasteiger partial charge on any atom is -0.335 e. The Labute approximate surface area is 131 Å². The Kier molecular flexibility index (Phi) is 4.75. The fourth-order valence-corrected chi connectivity index (χ4v) is 2.58. The smallest absolute Gasteiger partial charge is 0.255 e. The van der Waals surface area contributed by atoms with Gasteiger partial charge >= 0.3 is 0 Å². The van der Waals surface area contributed by atoms with Gasteiger partial charge in [-0.25, -0.2) is 4.39 Å². The summed E-state index contributed by atoms with van der Waals surface area (Å²) in [5, 5.41) is 0. The molecule has 0 heterocycles. The average Bonchev–Trinajstić information content (AvgIpc) is 2.46. The molecule has 0 aliphatic rings. The van der Waals surface area contributed by atoms with Gasteiger partial charge in [0.05, 0.1) is 11.6 Å². The summed E-state index contributed by atoms with van der Waals surface area (Å²) in [7, 11) is 1.76. The van der Waals surface area contributed by atoms with Crippen LogP contribution in [0.4, 0.5) is 4.39 Å². The third-order valence-corrected chi connectivity index (χ3v) is 4.30. The summed E-state index contributed by atoms with van der Waals surface area (Å²) in [6.07, 6.45) is 0. The van der Waals surface area contributed by atoms with E-state index in [4.69, 9.17) is 0 Å². The number of amides is 1. The summed E-state index contributed by atoms with van der Waals surface area (Å²) in [5.74, 6) is -0.306. The van der Waals surface area contributed by atoms with Gasteiger partial charge in [-0.15, -0.1) is 0 Å². The predicted molar refractivity (Wildman–Crippen MR) is 86.1 cm³/mol. The van der Waals surface area contributed by atoms with Crippen molar-refractivity contribution in [3.05, 3.63) is 69.0 Å². The molecule has 1 atom stereocenters. The first kappa shape index (κ1) is 15.0. The van der Waals surface area contributed by atoms with Gasteiger partial charge in [-0.1, -0.05) is 24.3 Å². The summed E-state index contributed by atoms with van der Waals surface area (Å²) in [5.41, 5.74) is 1.60. The molecule has 20 heavy (non-hydrogen) atoms. The first-order valence-electron chi connectivity index (χ1n) is 6.28. The van der Waals surface area contributed by atoms with E-state index in [2.05, 4.69) is 22.6 Å². The molecule has 0 radical (unpaired) electrons. The normalized spacial score (nSPS) is 12.0. The van der Waals surface area contributed by atoms with Crippen LogP contribution in [0.25, 0.3) is 0 Å². The van der Waals surface area contributed by atoms with Crippen molar-refractivity contribution in [2.45, 2.75) is 13.0 Å². The first-order valence-corrected chi connectivity index (χ1v) is 7.35. The van der Waals surface area contributed by atoms with Crippen LogP contribution in [0.2, 0.25) is 0 Å². The summed E-state index contributed by atoms with van der Waals surface area (Å²) < 4.78 is 13.9. The number of carbonyl (C=O) groups excluding carboxylic acids is 1. The third-order valence-electron chi connectivity index (χ3n) is 3.36. The molecule has 2 nitrogen and oxygen atoms in total. The van der Waals surface area contributed by atoms with Crippen LogP contribution < -0.4 is 0 Å². The molecule has 0 fully saturated rings. The van der Waals surface area contributed by atoms with Crippen LogP contribution in [0.1, 0.15) is 28.9 Å². The SMILES string of the molecule is CC(c1ccc(F)cc1)N(C)C(=O)c1ccccc1I. The molecule has 0 saturated carbocycles. The Bertz CT molecular complexity index is 612. The molecule has 2 aromatic carbocycles. The minimum atomic E-state index is -0.271.